The molecule has 0 atom stereocenters. The molecule has 0 aliphatic rings. The van der Waals surface area contributed by atoms with Crippen LogP contribution in [0.3, 0.4) is 0 Å². The fraction of sp³-hybridized carbons (Fsp3) is 0.0435. The first kappa shape index (κ1) is 30.0. The standard InChI is InChI=1S/C46H34N2O/c1-30-14-16-34(17-15-30)45-28-39(32-10-6-4-7-11-32)41-26-36(20-24-43(41)47-45)31(2)37-21-25-44-42(27-37)40(33-12-8-5-9-13-33)29-46(48-44)35-18-22-38(49-3)23-19-35/h4-29H,2H2,1,3H3. The average Bonchev–Trinajstić information content (AvgIpc) is 3.17. The van der Waals surface area contributed by atoms with Crippen LogP contribution < -0.4 is 4.74 Å². The highest BCUT2D eigenvalue weighted by Crippen LogP contribution is 2.37. The molecule has 0 saturated heterocycles. The van der Waals surface area contributed by atoms with Crippen LogP contribution in [0.4, 0.5) is 0 Å². The third-order valence-electron chi connectivity index (χ3n) is 9.22. The van der Waals surface area contributed by atoms with Gasteiger partial charge in [-0.2, -0.15) is 0 Å². The van der Waals surface area contributed by atoms with Gasteiger partial charge in [0.05, 0.1) is 29.5 Å². The van der Waals surface area contributed by atoms with Crippen molar-refractivity contribution in [3.8, 4) is 50.5 Å². The van der Waals surface area contributed by atoms with Gasteiger partial charge in [-0.05, 0) is 107 Å². The Hall–Kier alpha value is -6.32. The van der Waals surface area contributed by atoms with Crippen LogP contribution in [0.25, 0.3) is 72.1 Å². The Balaban J connectivity index is 1.24. The summed E-state index contributed by atoms with van der Waals surface area (Å²) in [6.45, 7) is 6.72. The minimum Gasteiger partial charge on any atom is -0.497 e. The van der Waals surface area contributed by atoms with Crippen molar-refractivity contribution < 1.29 is 4.74 Å². The number of nitrogens with zero attached hydrogens (tertiary/aromatic N) is 2. The van der Waals surface area contributed by atoms with Crippen LogP contribution in [-0.4, -0.2) is 17.1 Å². The van der Waals surface area contributed by atoms with E-state index in [-0.39, 0.29) is 0 Å². The summed E-state index contributed by atoms with van der Waals surface area (Å²) in [5, 5.41) is 2.18. The Bertz CT molecular complexity index is 2470. The van der Waals surface area contributed by atoms with Crippen molar-refractivity contribution >= 4 is 27.4 Å². The fourth-order valence-corrected chi connectivity index (χ4v) is 6.49. The number of hydrogen-bond donors (Lipinski definition) is 0. The molecule has 3 heteroatoms. The summed E-state index contributed by atoms with van der Waals surface area (Å²) >= 11 is 0. The Morgan fingerprint density at radius 3 is 1.39 bits per heavy atom. The summed E-state index contributed by atoms with van der Waals surface area (Å²) in [4.78, 5) is 10.2. The highest BCUT2D eigenvalue weighted by Gasteiger charge is 2.15. The quantitative estimate of drug-likeness (QED) is 0.176. The van der Waals surface area contributed by atoms with E-state index in [9.17, 15) is 0 Å². The molecule has 0 saturated carbocycles. The third kappa shape index (κ3) is 5.88. The summed E-state index contributed by atoms with van der Waals surface area (Å²) in [6.07, 6.45) is 0. The molecule has 0 radical (unpaired) electrons. The molecule has 234 valence electrons. The molecule has 0 aliphatic heterocycles. The van der Waals surface area contributed by atoms with Crippen molar-refractivity contribution in [1.82, 2.24) is 9.97 Å². The number of ether oxygens (including phenoxy) is 1. The van der Waals surface area contributed by atoms with E-state index in [0.717, 1.165) is 89.0 Å². The van der Waals surface area contributed by atoms with E-state index >= 15 is 0 Å². The minimum absolute atomic E-state index is 0.822. The van der Waals surface area contributed by atoms with Crippen LogP contribution in [0.5, 0.6) is 5.75 Å². The predicted octanol–water partition coefficient (Wildman–Crippen LogP) is 11.8. The molecular weight excluding hydrogens is 597 g/mol. The van der Waals surface area contributed by atoms with Gasteiger partial charge in [0.1, 0.15) is 5.75 Å². The number of methoxy groups -OCH3 is 1. The van der Waals surface area contributed by atoms with Gasteiger partial charge < -0.3 is 4.74 Å². The SMILES string of the molecule is C=C(c1ccc2nc(-c3ccc(C)cc3)cc(-c3ccccc3)c2c1)c1ccc2nc(-c3ccc(OC)cc3)cc(-c3ccccc3)c2c1. The predicted molar refractivity (Wildman–Crippen MR) is 205 cm³/mol. The monoisotopic (exact) mass is 630 g/mol. The van der Waals surface area contributed by atoms with E-state index in [1.54, 1.807) is 7.11 Å². The van der Waals surface area contributed by atoms with Crippen LogP contribution >= 0.6 is 0 Å². The lowest BCUT2D eigenvalue weighted by Crippen LogP contribution is -1.94. The lowest BCUT2D eigenvalue weighted by Gasteiger charge is -2.15. The molecule has 49 heavy (non-hydrogen) atoms. The molecule has 0 fully saturated rings. The lowest BCUT2D eigenvalue weighted by atomic mass is 9.92. The van der Waals surface area contributed by atoms with Gasteiger partial charge in [0.2, 0.25) is 0 Å². The highest BCUT2D eigenvalue weighted by molar-refractivity contribution is 6.01. The second kappa shape index (κ2) is 12.7. The largest absolute Gasteiger partial charge is 0.497 e. The van der Waals surface area contributed by atoms with E-state index < -0.39 is 0 Å². The fourth-order valence-electron chi connectivity index (χ4n) is 6.49. The zero-order chi connectivity index (χ0) is 33.3. The van der Waals surface area contributed by atoms with E-state index in [4.69, 9.17) is 14.7 Å². The van der Waals surface area contributed by atoms with Gasteiger partial charge in [-0.3, -0.25) is 0 Å². The number of hydrogen-bond acceptors (Lipinski definition) is 3. The van der Waals surface area contributed by atoms with Crippen molar-refractivity contribution in [3.05, 3.63) is 181 Å². The Kier molecular flexibility index (Phi) is 7.79. The number of fused-ring (bicyclic) bond motifs is 2. The summed E-state index contributed by atoms with van der Waals surface area (Å²) in [6, 6.07) is 55.1. The van der Waals surface area contributed by atoms with Gasteiger partial charge in [-0.25, -0.2) is 9.97 Å². The summed E-state index contributed by atoms with van der Waals surface area (Å²) < 4.78 is 5.39. The number of aromatic nitrogens is 2. The zero-order valence-electron chi connectivity index (χ0n) is 27.5. The van der Waals surface area contributed by atoms with E-state index in [0.29, 0.717) is 0 Å². The molecule has 0 N–H and O–H groups in total. The maximum atomic E-state index is 5.39. The summed E-state index contributed by atoms with van der Waals surface area (Å²) in [5.74, 6) is 0.822. The Morgan fingerprint density at radius 2 is 0.939 bits per heavy atom. The van der Waals surface area contributed by atoms with Gasteiger partial charge in [0.25, 0.3) is 0 Å². The second-order valence-electron chi connectivity index (χ2n) is 12.4. The van der Waals surface area contributed by atoms with Crippen molar-refractivity contribution in [2.45, 2.75) is 6.92 Å². The van der Waals surface area contributed by atoms with Crippen molar-refractivity contribution in [2.75, 3.05) is 7.11 Å². The molecule has 0 amide bonds. The van der Waals surface area contributed by atoms with Gasteiger partial charge in [0, 0.05) is 21.9 Å². The second-order valence-corrected chi connectivity index (χ2v) is 12.4. The van der Waals surface area contributed by atoms with Crippen molar-refractivity contribution in [1.29, 1.82) is 0 Å². The van der Waals surface area contributed by atoms with Crippen molar-refractivity contribution in [3.63, 3.8) is 0 Å². The molecule has 0 spiro atoms. The number of pyridine rings is 2. The molecule has 0 aliphatic carbocycles. The lowest BCUT2D eigenvalue weighted by molar-refractivity contribution is 0.415. The highest BCUT2D eigenvalue weighted by atomic mass is 16.5. The van der Waals surface area contributed by atoms with Crippen LogP contribution in [0.1, 0.15) is 16.7 Å². The maximum Gasteiger partial charge on any atom is 0.118 e. The van der Waals surface area contributed by atoms with Crippen LogP contribution in [0.2, 0.25) is 0 Å². The summed E-state index contributed by atoms with van der Waals surface area (Å²) in [7, 11) is 1.68. The Morgan fingerprint density at radius 1 is 0.490 bits per heavy atom. The smallest absolute Gasteiger partial charge is 0.118 e. The molecule has 0 bridgehead atoms. The molecule has 8 aromatic rings. The first-order valence-electron chi connectivity index (χ1n) is 16.5. The maximum absolute atomic E-state index is 5.39. The van der Waals surface area contributed by atoms with Gasteiger partial charge in [0.15, 0.2) is 0 Å². The zero-order valence-corrected chi connectivity index (χ0v) is 27.5. The van der Waals surface area contributed by atoms with Gasteiger partial charge >= 0.3 is 0 Å². The van der Waals surface area contributed by atoms with E-state index in [1.165, 1.54) is 5.56 Å². The molecule has 2 aromatic heterocycles. The molecule has 0 unspecified atom stereocenters. The van der Waals surface area contributed by atoms with Crippen molar-refractivity contribution in [2.24, 2.45) is 0 Å². The van der Waals surface area contributed by atoms with E-state index in [1.807, 2.05) is 18.2 Å². The van der Waals surface area contributed by atoms with Crippen LogP contribution in [0, 0.1) is 6.92 Å². The third-order valence-corrected chi connectivity index (χ3v) is 9.22. The molecule has 3 nitrogen and oxygen atoms in total. The van der Waals surface area contributed by atoms with E-state index in [2.05, 4.69) is 153 Å². The Labute approximate surface area is 286 Å². The van der Waals surface area contributed by atoms with Crippen LogP contribution in [0.15, 0.2) is 164 Å². The average molecular weight is 631 g/mol. The first-order chi connectivity index (χ1) is 24.0. The van der Waals surface area contributed by atoms with Gasteiger partial charge in [-0.15, -0.1) is 0 Å². The molecule has 2 heterocycles. The topological polar surface area (TPSA) is 35.0 Å². The first-order valence-corrected chi connectivity index (χ1v) is 16.5. The number of aryl methyl sites for hydroxylation is 1. The van der Waals surface area contributed by atoms with Crippen LogP contribution in [-0.2, 0) is 0 Å². The van der Waals surface area contributed by atoms with Gasteiger partial charge in [-0.1, -0.05) is 109 Å². The number of benzene rings is 6. The molecule has 6 aromatic carbocycles. The molecule has 8 rings (SSSR count). The number of rotatable bonds is 7. The normalized spacial score (nSPS) is 11.1. The minimum atomic E-state index is 0.822. The molecular formula is C46H34N2O. The summed E-state index contributed by atoms with van der Waals surface area (Å²) in [5.41, 5.74) is 14.8.